The van der Waals surface area contributed by atoms with Gasteiger partial charge in [-0.1, -0.05) is 23.7 Å². The van der Waals surface area contributed by atoms with Crippen LogP contribution in [0.25, 0.3) is 0 Å². The summed E-state index contributed by atoms with van der Waals surface area (Å²) in [6, 6.07) is 14.3. The van der Waals surface area contributed by atoms with Gasteiger partial charge in [-0.3, -0.25) is 4.72 Å². The van der Waals surface area contributed by atoms with Crippen molar-refractivity contribution in [1.29, 1.82) is 0 Å². The molecule has 1 aliphatic rings. The minimum Gasteiger partial charge on any atom is -0.377 e. The normalized spacial score (nSPS) is 17.1. The van der Waals surface area contributed by atoms with E-state index < -0.39 is 10.0 Å². The second-order valence-electron chi connectivity index (χ2n) is 7.05. The maximum Gasteiger partial charge on any atom is 0.236 e. The zero-order valence-corrected chi connectivity index (χ0v) is 16.5. The van der Waals surface area contributed by atoms with Crippen LogP contribution in [0.2, 0.25) is 5.02 Å². The summed E-state index contributed by atoms with van der Waals surface area (Å²) in [5, 5.41) is 0.584. The first-order chi connectivity index (χ1) is 12.3. The molecule has 26 heavy (non-hydrogen) atoms. The average Bonchev–Trinajstić information content (AvgIpc) is 2.57. The Morgan fingerprint density at radius 1 is 1.12 bits per heavy atom. The molecule has 0 unspecified atom stereocenters. The Bertz CT molecular complexity index is 849. The van der Waals surface area contributed by atoms with Gasteiger partial charge in [0.25, 0.3) is 0 Å². The summed E-state index contributed by atoms with van der Waals surface area (Å²) in [6.45, 7) is 6.44. The molecule has 0 amide bonds. The van der Waals surface area contributed by atoms with Gasteiger partial charge in [-0.15, -0.1) is 0 Å². The first kappa shape index (κ1) is 19.0. The average molecular weight is 395 g/mol. The summed E-state index contributed by atoms with van der Waals surface area (Å²) in [6.07, 6.45) is 0. The Kier molecular flexibility index (Phi) is 5.46. The van der Waals surface area contributed by atoms with Gasteiger partial charge in [0.05, 0.1) is 24.5 Å². The van der Waals surface area contributed by atoms with Crippen molar-refractivity contribution in [2.75, 3.05) is 29.4 Å². The summed E-state index contributed by atoms with van der Waals surface area (Å²) >= 11 is 5.83. The van der Waals surface area contributed by atoms with Crippen LogP contribution in [-0.2, 0) is 20.5 Å². The number of benzene rings is 2. The van der Waals surface area contributed by atoms with Gasteiger partial charge in [0.1, 0.15) is 0 Å². The van der Waals surface area contributed by atoms with E-state index in [1.807, 2.05) is 12.1 Å². The minimum absolute atomic E-state index is 0.0894. The van der Waals surface area contributed by atoms with Gasteiger partial charge in [0.15, 0.2) is 0 Å². The van der Waals surface area contributed by atoms with E-state index >= 15 is 0 Å². The van der Waals surface area contributed by atoms with Crippen LogP contribution in [0.1, 0.15) is 19.4 Å². The number of hydrogen-bond acceptors (Lipinski definition) is 4. The van der Waals surface area contributed by atoms with Crippen LogP contribution < -0.4 is 9.62 Å². The molecule has 1 saturated heterocycles. The lowest BCUT2D eigenvalue weighted by molar-refractivity contribution is 0.0644. The molecule has 2 aromatic carbocycles. The third kappa shape index (κ3) is 4.69. The summed E-state index contributed by atoms with van der Waals surface area (Å²) in [4.78, 5) is 2.28. The van der Waals surface area contributed by atoms with Gasteiger partial charge in [0.2, 0.25) is 10.0 Å². The molecule has 0 saturated carbocycles. The van der Waals surface area contributed by atoms with Crippen LogP contribution in [0.4, 0.5) is 11.4 Å². The number of rotatable bonds is 5. The van der Waals surface area contributed by atoms with Crippen LogP contribution in [0.15, 0.2) is 48.5 Å². The topological polar surface area (TPSA) is 58.6 Å². The summed E-state index contributed by atoms with van der Waals surface area (Å²) in [7, 11) is -3.49. The van der Waals surface area contributed by atoms with Crippen LogP contribution >= 0.6 is 11.6 Å². The largest absolute Gasteiger partial charge is 0.377 e. The second kappa shape index (κ2) is 7.47. The fraction of sp³-hybridized carbons (Fsp3) is 0.368. The molecule has 5 nitrogen and oxygen atoms in total. The van der Waals surface area contributed by atoms with Crippen molar-refractivity contribution in [2.45, 2.75) is 25.1 Å². The predicted molar refractivity (Wildman–Crippen MR) is 106 cm³/mol. The number of nitrogens with one attached hydrogen (secondary N) is 1. The van der Waals surface area contributed by atoms with Crippen molar-refractivity contribution in [3.05, 3.63) is 59.1 Å². The van der Waals surface area contributed by atoms with Gasteiger partial charge in [-0.2, -0.15) is 0 Å². The number of ether oxygens (including phenoxy) is 1. The Morgan fingerprint density at radius 2 is 1.77 bits per heavy atom. The summed E-state index contributed by atoms with van der Waals surface area (Å²) in [5.41, 5.74) is 2.20. The molecule has 0 radical (unpaired) electrons. The molecule has 2 aromatic rings. The van der Waals surface area contributed by atoms with E-state index in [0.717, 1.165) is 12.2 Å². The summed E-state index contributed by atoms with van der Waals surface area (Å²) in [5.74, 6) is -0.0948. The molecular formula is C19H23ClN2O3S. The highest BCUT2D eigenvalue weighted by Crippen LogP contribution is 2.28. The molecule has 0 bridgehead atoms. The third-order valence-electron chi connectivity index (χ3n) is 4.37. The van der Waals surface area contributed by atoms with Crippen molar-refractivity contribution in [1.82, 2.24) is 0 Å². The fourth-order valence-electron chi connectivity index (χ4n) is 3.06. The quantitative estimate of drug-likeness (QED) is 0.835. The molecule has 1 heterocycles. The van der Waals surface area contributed by atoms with E-state index in [4.69, 9.17) is 16.3 Å². The number of halogens is 1. The monoisotopic (exact) mass is 394 g/mol. The number of morpholine rings is 1. The second-order valence-corrected chi connectivity index (χ2v) is 9.21. The van der Waals surface area contributed by atoms with E-state index in [-0.39, 0.29) is 11.3 Å². The van der Waals surface area contributed by atoms with Crippen LogP contribution in [0.3, 0.4) is 0 Å². The highest BCUT2D eigenvalue weighted by molar-refractivity contribution is 7.91. The lowest BCUT2D eigenvalue weighted by atomic mass is 10.0. The first-order valence-electron chi connectivity index (χ1n) is 8.46. The predicted octanol–water partition coefficient (Wildman–Crippen LogP) is 3.90. The van der Waals surface area contributed by atoms with Crippen molar-refractivity contribution in [3.63, 3.8) is 0 Å². The zero-order valence-electron chi connectivity index (χ0n) is 14.9. The highest BCUT2D eigenvalue weighted by atomic mass is 35.5. The van der Waals surface area contributed by atoms with Crippen molar-refractivity contribution in [3.8, 4) is 0 Å². The van der Waals surface area contributed by atoms with Crippen LogP contribution in [0.5, 0.6) is 0 Å². The van der Waals surface area contributed by atoms with Crippen molar-refractivity contribution >= 4 is 33.0 Å². The molecule has 0 spiro atoms. The van der Waals surface area contributed by atoms with Gasteiger partial charge < -0.3 is 9.64 Å². The zero-order chi connectivity index (χ0) is 18.8. The van der Waals surface area contributed by atoms with Crippen LogP contribution in [0, 0.1) is 0 Å². The molecule has 3 rings (SSSR count). The fourth-order valence-corrected chi connectivity index (χ4v) is 4.39. The van der Waals surface area contributed by atoms with E-state index in [1.54, 1.807) is 36.4 Å². The molecule has 1 fully saturated rings. The third-order valence-corrected chi connectivity index (χ3v) is 5.88. The molecule has 1 N–H and O–H groups in total. The van der Waals surface area contributed by atoms with E-state index in [2.05, 4.69) is 23.5 Å². The van der Waals surface area contributed by atoms with E-state index in [0.29, 0.717) is 29.5 Å². The lowest BCUT2D eigenvalue weighted by Gasteiger charge is -2.43. The number of nitrogens with zero attached hydrogens (tertiary/aromatic N) is 1. The smallest absolute Gasteiger partial charge is 0.236 e. The van der Waals surface area contributed by atoms with Gasteiger partial charge in [-0.05, 0) is 55.8 Å². The summed E-state index contributed by atoms with van der Waals surface area (Å²) < 4.78 is 32.9. The first-order valence-corrected chi connectivity index (χ1v) is 10.5. The Labute approximate surface area is 160 Å². The van der Waals surface area contributed by atoms with Gasteiger partial charge >= 0.3 is 0 Å². The molecule has 140 valence electrons. The molecule has 0 atom stereocenters. The number of anilines is 2. The molecule has 0 aromatic heterocycles. The minimum atomic E-state index is -3.49. The maximum absolute atomic E-state index is 12.4. The number of sulfonamides is 1. The van der Waals surface area contributed by atoms with Crippen molar-refractivity contribution < 1.29 is 13.2 Å². The van der Waals surface area contributed by atoms with Gasteiger partial charge in [0, 0.05) is 22.9 Å². The standard InChI is InChI=1S/C19H23ClN2O3S/c1-19(2)14-25-12-11-22(19)18-9-7-17(8-10-18)21-26(23,24)13-15-3-5-16(20)6-4-15/h3-10,21H,11-14H2,1-2H3. The Morgan fingerprint density at radius 3 is 2.38 bits per heavy atom. The van der Waals surface area contributed by atoms with E-state index in [1.165, 1.54) is 0 Å². The van der Waals surface area contributed by atoms with E-state index in [9.17, 15) is 8.42 Å². The lowest BCUT2D eigenvalue weighted by Crippen LogP contribution is -2.53. The van der Waals surface area contributed by atoms with Gasteiger partial charge in [-0.25, -0.2) is 8.42 Å². The van der Waals surface area contributed by atoms with Crippen molar-refractivity contribution in [2.24, 2.45) is 0 Å². The SMILES string of the molecule is CC1(C)COCCN1c1ccc(NS(=O)(=O)Cc2ccc(Cl)cc2)cc1. The molecule has 1 aliphatic heterocycles. The number of hydrogen-bond donors (Lipinski definition) is 1. The molecular weight excluding hydrogens is 372 g/mol. The Balaban J connectivity index is 1.69. The molecule has 7 heteroatoms. The maximum atomic E-state index is 12.4. The highest BCUT2D eigenvalue weighted by Gasteiger charge is 2.30. The Hall–Kier alpha value is -1.76. The molecule has 0 aliphatic carbocycles. The van der Waals surface area contributed by atoms with Crippen LogP contribution in [-0.4, -0.2) is 33.7 Å².